The van der Waals surface area contributed by atoms with E-state index in [4.69, 9.17) is 14.2 Å². The van der Waals surface area contributed by atoms with Gasteiger partial charge in [-0.1, -0.05) is 12.2 Å². The number of rotatable bonds is 7. The van der Waals surface area contributed by atoms with Crippen LogP contribution in [0.25, 0.3) is 0 Å². The second-order valence-electron chi connectivity index (χ2n) is 8.54. The van der Waals surface area contributed by atoms with Crippen LogP contribution in [0.15, 0.2) is 24.3 Å². The molecule has 2 heterocycles. The lowest BCUT2D eigenvalue weighted by atomic mass is 9.72. The molecule has 6 N–H and O–H groups in total. The number of aliphatic hydroxyl groups is 5. The topological polar surface area (TPSA) is 183 Å². The fraction of sp³-hybridized carbons (Fsp3) is 0.714. The highest BCUT2D eigenvalue weighted by Gasteiger charge is 2.67. The van der Waals surface area contributed by atoms with Gasteiger partial charge in [0.25, 0.3) is 0 Å². The van der Waals surface area contributed by atoms with Gasteiger partial charge in [-0.05, 0) is 19.3 Å². The zero-order valence-electron chi connectivity index (χ0n) is 17.7. The van der Waals surface area contributed by atoms with Crippen molar-refractivity contribution in [2.45, 2.75) is 67.6 Å². The molecular formula is C21H30O11. The van der Waals surface area contributed by atoms with Crippen LogP contribution in [0.4, 0.5) is 0 Å². The summed E-state index contributed by atoms with van der Waals surface area (Å²) in [6.45, 7) is 3.03. The minimum atomic E-state index is -2.20. The van der Waals surface area contributed by atoms with E-state index in [1.54, 1.807) is 0 Å². The van der Waals surface area contributed by atoms with Gasteiger partial charge in [-0.15, -0.1) is 6.58 Å². The number of aliphatic hydroxyl groups excluding tert-OH is 5. The zero-order valence-corrected chi connectivity index (χ0v) is 17.7. The largest absolute Gasteiger partial charge is 0.481 e. The maximum Gasteiger partial charge on any atom is 0.333 e. The van der Waals surface area contributed by atoms with Crippen LogP contribution < -0.4 is 0 Å². The molecule has 32 heavy (non-hydrogen) atoms. The monoisotopic (exact) mass is 458 g/mol. The summed E-state index contributed by atoms with van der Waals surface area (Å²) in [4.78, 5) is 23.7. The first-order valence-electron chi connectivity index (χ1n) is 10.4. The van der Waals surface area contributed by atoms with Crippen LogP contribution in [-0.4, -0.2) is 98.2 Å². The van der Waals surface area contributed by atoms with Crippen molar-refractivity contribution in [1.82, 2.24) is 0 Å². The first-order valence-corrected chi connectivity index (χ1v) is 10.4. The summed E-state index contributed by atoms with van der Waals surface area (Å²) in [5, 5.41) is 61.6. The predicted octanol–water partition coefficient (Wildman–Crippen LogP) is -1.54. The molecule has 0 radical (unpaired) electrons. The first-order chi connectivity index (χ1) is 15.1. The molecule has 0 saturated carbocycles. The number of esters is 1. The van der Waals surface area contributed by atoms with Crippen LogP contribution >= 0.6 is 0 Å². The third-order valence-electron chi connectivity index (χ3n) is 6.82. The van der Waals surface area contributed by atoms with E-state index in [0.29, 0.717) is 0 Å². The molecule has 1 aliphatic carbocycles. The van der Waals surface area contributed by atoms with Gasteiger partial charge in [-0.25, -0.2) is 4.79 Å². The lowest BCUT2D eigenvalue weighted by Crippen LogP contribution is -2.77. The first kappa shape index (κ1) is 24.8. The van der Waals surface area contributed by atoms with Crippen molar-refractivity contribution in [3.8, 4) is 0 Å². The maximum absolute atomic E-state index is 12.2. The lowest BCUT2D eigenvalue weighted by molar-refractivity contribution is -0.444. The van der Waals surface area contributed by atoms with Crippen LogP contribution in [0, 0.1) is 11.8 Å². The third kappa shape index (κ3) is 3.87. The Morgan fingerprint density at radius 1 is 1.28 bits per heavy atom. The van der Waals surface area contributed by atoms with Crippen molar-refractivity contribution in [3.05, 3.63) is 24.3 Å². The normalized spacial score (nSPS) is 43.8. The molecule has 2 bridgehead atoms. The number of aliphatic carboxylic acids is 1. The van der Waals surface area contributed by atoms with Gasteiger partial charge in [0.1, 0.15) is 30.0 Å². The number of hydrogen-bond donors (Lipinski definition) is 6. The molecule has 2 aliphatic heterocycles. The van der Waals surface area contributed by atoms with E-state index in [2.05, 4.69) is 6.58 Å². The van der Waals surface area contributed by atoms with Crippen LogP contribution in [-0.2, 0) is 23.8 Å². The van der Waals surface area contributed by atoms with Gasteiger partial charge in [0, 0.05) is 17.4 Å². The van der Waals surface area contributed by atoms with Crippen LogP contribution in [0.5, 0.6) is 0 Å². The minimum Gasteiger partial charge on any atom is -0.481 e. The van der Waals surface area contributed by atoms with Gasteiger partial charge in [-0.2, -0.15) is 0 Å². The molecule has 0 aromatic rings. The van der Waals surface area contributed by atoms with Gasteiger partial charge in [0.2, 0.25) is 5.79 Å². The molecule has 9 unspecified atom stereocenters. The predicted molar refractivity (Wildman–Crippen MR) is 106 cm³/mol. The summed E-state index contributed by atoms with van der Waals surface area (Å²) < 4.78 is 16.7. The van der Waals surface area contributed by atoms with Gasteiger partial charge >= 0.3 is 11.9 Å². The zero-order chi connectivity index (χ0) is 23.8. The number of carbonyl (C=O) groups is 2. The Balaban J connectivity index is 1.99. The van der Waals surface area contributed by atoms with Crippen LogP contribution in [0.3, 0.4) is 0 Å². The van der Waals surface area contributed by atoms with E-state index in [0.717, 1.165) is 0 Å². The van der Waals surface area contributed by atoms with Crippen LogP contribution in [0.1, 0.15) is 25.7 Å². The SMILES string of the molecule is C=CC1C(OC23OC(CO)(CCC2O)C(O)C(O)C3O)CC=C(C(=O)OC)C1CC(=O)O. The van der Waals surface area contributed by atoms with Crippen molar-refractivity contribution in [2.24, 2.45) is 11.8 Å². The van der Waals surface area contributed by atoms with E-state index in [1.807, 2.05) is 0 Å². The Morgan fingerprint density at radius 3 is 2.53 bits per heavy atom. The second kappa shape index (κ2) is 9.18. The summed E-state index contributed by atoms with van der Waals surface area (Å²) in [5.74, 6) is -5.68. The van der Waals surface area contributed by atoms with E-state index in [9.17, 15) is 40.2 Å². The Hall–Kier alpha value is -1.86. The highest BCUT2D eigenvalue weighted by atomic mass is 16.7. The summed E-state index contributed by atoms with van der Waals surface area (Å²) in [6, 6.07) is 0. The van der Waals surface area contributed by atoms with Gasteiger partial charge in [0.05, 0.1) is 26.2 Å². The van der Waals surface area contributed by atoms with Crippen LogP contribution in [0.2, 0.25) is 0 Å². The molecule has 0 aromatic heterocycles. The summed E-state index contributed by atoms with van der Waals surface area (Å²) in [6.07, 6.45) is -5.10. The molecule has 2 fully saturated rings. The van der Waals surface area contributed by atoms with Crippen molar-refractivity contribution in [3.63, 3.8) is 0 Å². The Kier molecular flexibility index (Phi) is 7.11. The average Bonchev–Trinajstić information content (AvgIpc) is 2.77. The summed E-state index contributed by atoms with van der Waals surface area (Å²) in [5.41, 5.74) is -1.52. The minimum absolute atomic E-state index is 0.00427. The number of hydrogen-bond acceptors (Lipinski definition) is 10. The van der Waals surface area contributed by atoms with Crippen molar-refractivity contribution < 1.29 is 54.4 Å². The van der Waals surface area contributed by atoms with Crippen molar-refractivity contribution in [1.29, 1.82) is 0 Å². The molecule has 0 spiro atoms. The summed E-state index contributed by atoms with van der Waals surface area (Å²) >= 11 is 0. The molecule has 2 saturated heterocycles. The Labute approximate surface area is 184 Å². The molecule has 3 rings (SSSR count). The second-order valence-corrected chi connectivity index (χ2v) is 8.54. The quantitative estimate of drug-likeness (QED) is 0.192. The van der Waals surface area contributed by atoms with Crippen molar-refractivity contribution in [2.75, 3.05) is 13.7 Å². The van der Waals surface area contributed by atoms with E-state index in [1.165, 1.54) is 19.3 Å². The number of ether oxygens (including phenoxy) is 3. The number of carboxylic acid groups (broad SMARTS) is 1. The lowest BCUT2D eigenvalue weighted by Gasteiger charge is -2.59. The van der Waals surface area contributed by atoms with E-state index < -0.39 is 78.7 Å². The maximum atomic E-state index is 12.2. The third-order valence-corrected chi connectivity index (χ3v) is 6.82. The highest BCUT2D eigenvalue weighted by Crippen LogP contribution is 2.49. The van der Waals surface area contributed by atoms with Gasteiger partial charge in [-0.3, -0.25) is 4.79 Å². The Bertz CT molecular complexity index is 782. The Morgan fingerprint density at radius 2 is 1.97 bits per heavy atom. The number of methoxy groups -OCH3 is 1. The molecule has 180 valence electrons. The molecule has 3 aliphatic rings. The van der Waals surface area contributed by atoms with E-state index in [-0.39, 0.29) is 24.8 Å². The molecule has 0 aromatic carbocycles. The highest BCUT2D eigenvalue weighted by molar-refractivity contribution is 5.90. The smallest absolute Gasteiger partial charge is 0.333 e. The molecule has 0 amide bonds. The van der Waals surface area contributed by atoms with E-state index >= 15 is 0 Å². The van der Waals surface area contributed by atoms with Gasteiger partial charge < -0.3 is 44.8 Å². The molecule has 11 nitrogen and oxygen atoms in total. The molecule has 11 heteroatoms. The number of carboxylic acids is 1. The standard InChI is InChI=1S/C21H30O11/c1-3-10-12(8-15(24)25)11(19(29)30-2)4-5-13(10)31-21-14(23)6-7-20(9-22,32-21)17(27)16(26)18(21)28/h3-4,10,12-14,16-18,22-23,26-28H,1,5-9H2,2H3,(H,24,25). The summed E-state index contributed by atoms with van der Waals surface area (Å²) in [7, 11) is 1.18. The molecule has 9 atom stereocenters. The number of fused-ring (bicyclic) bond motifs is 2. The average molecular weight is 458 g/mol. The molecular weight excluding hydrogens is 428 g/mol. The van der Waals surface area contributed by atoms with Gasteiger partial charge in [0.15, 0.2) is 0 Å². The van der Waals surface area contributed by atoms with Crippen molar-refractivity contribution >= 4 is 11.9 Å². The fourth-order valence-corrected chi connectivity index (χ4v) is 5.07. The number of carbonyl (C=O) groups excluding carboxylic acids is 1. The fourth-order valence-electron chi connectivity index (χ4n) is 5.07.